The number of aromatic nitrogens is 2. The van der Waals surface area contributed by atoms with Gasteiger partial charge in [-0.25, -0.2) is 9.97 Å². The van der Waals surface area contributed by atoms with E-state index in [1.54, 1.807) is 4.90 Å². The highest BCUT2D eigenvalue weighted by molar-refractivity contribution is 8.00. The van der Waals surface area contributed by atoms with Crippen LogP contribution in [0.1, 0.15) is 18.1 Å². The van der Waals surface area contributed by atoms with Crippen molar-refractivity contribution >= 4 is 39.7 Å². The lowest BCUT2D eigenvalue weighted by molar-refractivity contribution is -0.127. The summed E-state index contributed by atoms with van der Waals surface area (Å²) in [4.78, 5) is 23.0. The minimum atomic E-state index is 0.0486. The number of furan rings is 1. The summed E-state index contributed by atoms with van der Waals surface area (Å²) in [5.41, 5.74) is 4.62. The van der Waals surface area contributed by atoms with Gasteiger partial charge in [0.05, 0.1) is 5.75 Å². The second-order valence-electron chi connectivity index (χ2n) is 6.66. The maximum atomic E-state index is 12.6. The molecule has 0 atom stereocenters. The van der Waals surface area contributed by atoms with E-state index in [2.05, 4.69) is 41.2 Å². The standard InChI is InChI=1S/C22H21N3O2S/c1-3-15-8-10-16(11-9-15)12-25(2)19(26)13-28-22-21-20(23-14-24-22)17-6-4-5-7-18(17)27-21/h4-11,14H,3,12-13H2,1-2H3. The molecule has 0 saturated heterocycles. The maximum Gasteiger partial charge on any atom is 0.233 e. The summed E-state index contributed by atoms with van der Waals surface area (Å²) < 4.78 is 5.92. The van der Waals surface area contributed by atoms with Gasteiger partial charge in [-0.3, -0.25) is 4.79 Å². The average molecular weight is 391 g/mol. The molecule has 4 aromatic rings. The van der Waals surface area contributed by atoms with Crippen LogP contribution in [0, 0.1) is 0 Å². The number of fused-ring (bicyclic) bond motifs is 3. The third-order valence-electron chi connectivity index (χ3n) is 4.73. The molecule has 0 aliphatic rings. The Morgan fingerprint density at radius 1 is 1.07 bits per heavy atom. The summed E-state index contributed by atoms with van der Waals surface area (Å²) in [7, 11) is 1.83. The van der Waals surface area contributed by atoms with E-state index in [9.17, 15) is 4.79 Å². The topological polar surface area (TPSA) is 59.2 Å². The molecule has 2 aromatic carbocycles. The normalized spacial score (nSPS) is 11.2. The molecule has 2 heterocycles. The SMILES string of the molecule is CCc1ccc(CN(C)C(=O)CSc2ncnc3c2oc2ccccc23)cc1. The van der Waals surface area contributed by atoms with Gasteiger partial charge in [-0.05, 0) is 29.7 Å². The van der Waals surface area contributed by atoms with Gasteiger partial charge in [-0.15, -0.1) is 0 Å². The number of hydrogen-bond acceptors (Lipinski definition) is 5. The predicted octanol–water partition coefficient (Wildman–Crippen LogP) is 4.69. The van der Waals surface area contributed by atoms with E-state index in [1.807, 2.05) is 31.3 Å². The molecule has 28 heavy (non-hydrogen) atoms. The number of para-hydroxylation sites is 1. The lowest BCUT2D eigenvalue weighted by Crippen LogP contribution is -2.27. The van der Waals surface area contributed by atoms with Crippen molar-refractivity contribution in [2.24, 2.45) is 0 Å². The Bertz CT molecular complexity index is 1120. The van der Waals surface area contributed by atoms with Gasteiger partial charge in [0.2, 0.25) is 5.91 Å². The molecule has 0 saturated carbocycles. The van der Waals surface area contributed by atoms with Crippen molar-refractivity contribution in [2.75, 3.05) is 12.8 Å². The van der Waals surface area contributed by atoms with Crippen LogP contribution in [0.4, 0.5) is 0 Å². The number of hydrogen-bond donors (Lipinski definition) is 0. The summed E-state index contributed by atoms with van der Waals surface area (Å²) in [6.45, 7) is 2.72. The maximum absolute atomic E-state index is 12.6. The summed E-state index contributed by atoms with van der Waals surface area (Å²) in [6, 6.07) is 16.2. The lowest BCUT2D eigenvalue weighted by Gasteiger charge is -2.17. The fourth-order valence-corrected chi connectivity index (χ4v) is 3.96. The minimum Gasteiger partial charge on any atom is -0.451 e. The van der Waals surface area contributed by atoms with Gasteiger partial charge in [0.15, 0.2) is 5.58 Å². The first-order valence-corrected chi connectivity index (χ1v) is 10.2. The van der Waals surface area contributed by atoms with E-state index in [1.165, 1.54) is 23.7 Å². The molecule has 0 fully saturated rings. The van der Waals surface area contributed by atoms with Gasteiger partial charge in [0, 0.05) is 19.0 Å². The minimum absolute atomic E-state index is 0.0486. The molecule has 0 radical (unpaired) electrons. The van der Waals surface area contributed by atoms with E-state index in [4.69, 9.17) is 4.42 Å². The molecule has 0 bridgehead atoms. The van der Waals surface area contributed by atoms with Crippen LogP contribution in [0.25, 0.3) is 22.1 Å². The Labute approximate surface area is 167 Å². The molecule has 0 aliphatic carbocycles. The molecule has 6 heteroatoms. The van der Waals surface area contributed by atoms with Crippen LogP contribution >= 0.6 is 11.8 Å². The zero-order valence-corrected chi connectivity index (χ0v) is 16.7. The van der Waals surface area contributed by atoms with Gasteiger partial charge < -0.3 is 9.32 Å². The Morgan fingerprint density at radius 3 is 2.61 bits per heavy atom. The zero-order chi connectivity index (χ0) is 19.5. The highest BCUT2D eigenvalue weighted by atomic mass is 32.2. The van der Waals surface area contributed by atoms with Gasteiger partial charge in [-0.1, -0.05) is 55.1 Å². The zero-order valence-electron chi connectivity index (χ0n) is 15.9. The van der Waals surface area contributed by atoms with Crippen molar-refractivity contribution < 1.29 is 9.21 Å². The van der Waals surface area contributed by atoms with E-state index in [0.717, 1.165) is 28.5 Å². The highest BCUT2D eigenvalue weighted by Gasteiger charge is 2.16. The first-order valence-electron chi connectivity index (χ1n) is 9.22. The van der Waals surface area contributed by atoms with Gasteiger partial charge in [-0.2, -0.15) is 0 Å². The van der Waals surface area contributed by atoms with Crippen molar-refractivity contribution in [1.29, 1.82) is 0 Å². The van der Waals surface area contributed by atoms with E-state index < -0.39 is 0 Å². The number of aryl methyl sites for hydroxylation is 1. The Balaban J connectivity index is 1.45. The predicted molar refractivity (Wildman–Crippen MR) is 112 cm³/mol. The molecule has 1 amide bonds. The van der Waals surface area contributed by atoms with E-state index >= 15 is 0 Å². The van der Waals surface area contributed by atoms with Crippen molar-refractivity contribution in [3.05, 3.63) is 66.0 Å². The number of thioether (sulfide) groups is 1. The third-order valence-corrected chi connectivity index (χ3v) is 5.69. The lowest BCUT2D eigenvalue weighted by atomic mass is 10.1. The number of amides is 1. The van der Waals surface area contributed by atoms with Crippen molar-refractivity contribution in [1.82, 2.24) is 14.9 Å². The number of carbonyl (C=O) groups excluding carboxylic acids is 1. The van der Waals surface area contributed by atoms with Crippen LogP contribution in [-0.4, -0.2) is 33.6 Å². The quantitative estimate of drug-likeness (QED) is 0.352. The van der Waals surface area contributed by atoms with Gasteiger partial charge in [0.1, 0.15) is 22.5 Å². The summed E-state index contributed by atoms with van der Waals surface area (Å²) in [5, 5.41) is 1.65. The number of carbonyl (C=O) groups is 1. The van der Waals surface area contributed by atoms with Crippen LogP contribution in [0.2, 0.25) is 0 Å². The van der Waals surface area contributed by atoms with Crippen LogP contribution in [-0.2, 0) is 17.8 Å². The fraction of sp³-hybridized carbons (Fsp3) is 0.227. The van der Waals surface area contributed by atoms with Gasteiger partial charge >= 0.3 is 0 Å². The third kappa shape index (κ3) is 3.73. The number of rotatable bonds is 6. The van der Waals surface area contributed by atoms with E-state index in [-0.39, 0.29) is 5.91 Å². The molecular weight excluding hydrogens is 370 g/mol. The first-order chi connectivity index (χ1) is 13.7. The molecule has 0 unspecified atom stereocenters. The second kappa shape index (κ2) is 8.02. The first kappa shape index (κ1) is 18.5. The second-order valence-corrected chi connectivity index (χ2v) is 7.63. The van der Waals surface area contributed by atoms with Crippen LogP contribution in [0.15, 0.2) is 64.3 Å². The average Bonchev–Trinajstić information content (AvgIpc) is 3.12. The highest BCUT2D eigenvalue weighted by Crippen LogP contribution is 2.32. The molecular formula is C22H21N3O2S. The molecule has 2 aromatic heterocycles. The number of benzene rings is 2. The van der Waals surface area contributed by atoms with Crippen LogP contribution < -0.4 is 0 Å². The molecule has 142 valence electrons. The van der Waals surface area contributed by atoms with Crippen LogP contribution in [0.5, 0.6) is 0 Å². The van der Waals surface area contributed by atoms with Crippen molar-refractivity contribution in [2.45, 2.75) is 24.9 Å². The summed E-state index contributed by atoms with van der Waals surface area (Å²) in [6.07, 6.45) is 2.54. The van der Waals surface area contributed by atoms with Crippen molar-refractivity contribution in [3.63, 3.8) is 0 Å². The Hall–Kier alpha value is -2.86. The molecule has 0 aliphatic heterocycles. The smallest absolute Gasteiger partial charge is 0.233 e. The summed E-state index contributed by atoms with van der Waals surface area (Å²) >= 11 is 1.38. The van der Waals surface area contributed by atoms with Gasteiger partial charge in [0.25, 0.3) is 0 Å². The Kier molecular flexibility index (Phi) is 5.30. The van der Waals surface area contributed by atoms with Crippen molar-refractivity contribution in [3.8, 4) is 0 Å². The largest absolute Gasteiger partial charge is 0.451 e. The monoisotopic (exact) mass is 391 g/mol. The Morgan fingerprint density at radius 2 is 1.82 bits per heavy atom. The van der Waals surface area contributed by atoms with Crippen LogP contribution in [0.3, 0.4) is 0 Å². The summed E-state index contributed by atoms with van der Waals surface area (Å²) in [5.74, 6) is 0.347. The fourth-order valence-electron chi connectivity index (χ4n) is 3.09. The molecule has 0 spiro atoms. The molecule has 4 rings (SSSR count). The molecule has 0 N–H and O–H groups in total. The van der Waals surface area contributed by atoms with E-state index in [0.29, 0.717) is 22.9 Å². The molecule has 5 nitrogen and oxygen atoms in total. The number of nitrogens with zero attached hydrogens (tertiary/aromatic N) is 3.